The molecule has 2 aromatic heterocycles. The van der Waals surface area contributed by atoms with E-state index < -0.39 is 18.3 Å². The number of nitrogens with one attached hydrogen (secondary N) is 1. The number of alkyl halides is 2. The zero-order valence-corrected chi connectivity index (χ0v) is 24.0. The Labute approximate surface area is 242 Å². The second-order valence-electron chi connectivity index (χ2n) is 10.3. The van der Waals surface area contributed by atoms with Crippen LogP contribution in [0.25, 0.3) is 16.9 Å². The molecule has 2 fully saturated rings. The molecule has 5 rings (SSSR count). The molecule has 1 aromatic carbocycles. The van der Waals surface area contributed by atoms with Crippen molar-refractivity contribution in [3.63, 3.8) is 0 Å². The molecule has 3 aromatic rings. The fourth-order valence-corrected chi connectivity index (χ4v) is 5.38. The number of carbonyl (C=O) groups is 2. The Morgan fingerprint density at radius 2 is 1.79 bits per heavy atom. The lowest BCUT2D eigenvalue weighted by atomic mass is 10.0. The van der Waals surface area contributed by atoms with E-state index in [2.05, 4.69) is 20.3 Å². The molecule has 2 aliphatic heterocycles. The average Bonchev–Trinajstić information content (AvgIpc) is 3.41. The zero-order chi connectivity index (χ0) is 29.8. The third kappa shape index (κ3) is 6.22. The quantitative estimate of drug-likeness (QED) is 0.423. The number of benzene rings is 1. The highest BCUT2D eigenvalue weighted by molar-refractivity contribution is 5.84. The number of likely N-dealkylation sites (tertiary alicyclic amines) is 1. The van der Waals surface area contributed by atoms with Gasteiger partial charge in [0.1, 0.15) is 17.7 Å². The number of ether oxygens (including phenoxy) is 2. The lowest BCUT2D eigenvalue weighted by molar-refractivity contribution is -0.133. The van der Waals surface area contributed by atoms with Crippen molar-refractivity contribution in [2.45, 2.75) is 45.2 Å². The number of piperidine rings is 1. The summed E-state index contributed by atoms with van der Waals surface area (Å²) < 4.78 is 40.2. The predicted octanol–water partition coefficient (Wildman–Crippen LogP) is 3.47. The number of imidazole rings is 1. The number of amides is 2. The van der Waals surface area contributed by atoms with E-state index in [1.54, 1.807) is 61.0 Å². The molecule has 1 atom stereocenters. The fraction of sp³-hybridized carbons (Fsp3) is 0.536. The van der Waals surface area contributed by atoms with Crippen molar-refractivity contribution >= 4 is 34.8 Å². The number of morpholine rings is 1. The SMILES string of the molecule is CCOC(=O)N1CCC(N(C)C(=O)[C@H](C)Nc2nc(N3CCOCC3)cc(-n3c(C(F)F)nc4ccccc43)n2)CC1. The average molecular weight is 587 g/mol. The number of likely N-dealkylation sites (N-methyl/N-ethyl adjacent to an activating group) is 1. The number of hydrogen-bond acceptors (Lipinski definition) is 9. The van der Waals surface area contributed by atoms with E-state index in [1.165, 1.54) is 4.57 Å². The topological polar surface area (TPSA) is 118 Å². The number of halogens is 2. The highest BCUT2D eigenvalue weighted by Crippen LogP contribution is 2.29. The summed E-state index contributed by atoms with van der Waals surface area (Å²) in [6.45, 7) is 6.97. The first-order valence-electron chi connectivity index (χ1n) is 14.2. The van der Waals surface area contributed by atoms with Crippen molar-refractivity contribution in [3.8, 4) is 5.82 Å². The van der Waals surface area contributed by atoms with Crippen LogP contribution in [0.3, 0.4) is 0 Å². The van der Waals surface area contributed by atoms with Crippen LogP contribution >= 0.6 is 0 Å². The van der Waals surface area contributed by atoms with Gasteiger partial charge in [0.05, 0.1) is 30.9 Å². The molecule has 2 saturated heterocycles. The van der Waals surface area contributed by atoms with Gasteiger partial charge in [-0.3, -0.25) is 9.36 Å². The normalized spacial score (nSPS) is 17.0. The van der Waals surface area contributed by atoms with Crippen LogP contribution < -0.4 is 10.2 Å². The van der Waals surface area contributed by atoms with Crippen LogP contribution in [0.5, 0.6) is 0 Å². The highest BCUT2D eigenvalue weighted by Gasteiger charge is 2.31. The van der Waals surface area contributed by atoms with Crippen LogP contribution in [-0.4, -0.2) is 106 Å². The molecular formula is C28H36F2N8O4. The van der Waals surface area contributed by atoms with Gasteiger partial charge in [-0.2, -0.15) is 9.97 Å². The monoisotopic (exact) mass is 586 g/mol. The molecule has 0 unspecified atom stereocenters. The zero-order valence-electron chi connectivity index (χ0n) is 24.0. The van der Waals surface area contributed by atoms with Crippen LogP contribution in [0.15, 0.2) is 30.3 Å². The molecule has 0 bridgehead atoms. The molecule has 2 amide bonds. The smallest absolute Gasteiger partial charge is 0.409 e. The van der Waals surface area contributed by atoms with Crippen molar-refractivity contribution < 1.29 is 27.8 Å². The number of nitrogens with zero attached hydrogens (tertiary/aromatic N) is 7. The second-order valence-corrected chi connectivity index (χ2v) is 10.3. The number of anilines is 2. The van der Waals surface area contributed by atoms with Crippen LogP contribution in [0, 0.1) is 0 Å². The molecule has 226 valence electrons. The lowest BCUT2D eigenvalue weighted by Gasteiger charge is -2.37. The molecular weight excluding hydrogens is 550 g/mol. The predicted molar refractivity (Wildman–Crippen MR) is 152 cm³/mol. The molecule has 0 saturated carbocycles. The van der Waals surface area contributed by atoms with Gasteiger partial charge in [0.2, 0.25) is 11.9 Å². The van der Waals surface area contributed by atoms with Gasteiger partial charge in [-0.15, -0.1) is 0 Å². The third-order valence-electron chi connectivity index (χ3n) is 7.65. The van der Waals surface area contributed by atoms with Crippen LogP contribution in [0.4, 0.5) is 25.3 Å². The van der Waals surface area contributed by atoms with Crippen molar-refractivity contribution in [1.82, 2.24) is 29.3 Å². The van der Waals surface area contributed by atoms with Gasteiger partial charge < -0.3 is 29.5 Å². The van der Waals surface area contributed by atoms with Gasteiger partial charge in [0.15, 0.2) is 5.82 Å². The Bertz CT molecular complexity index is 1410. The van der Waals surface area contributed by atoms with Crippen LogP contribution in [0.1, 0.15) is 38.9 Å². The number of rotatable bonds is 8. The Morgan fingerprint density at radius 3 is 2.48 bits per heavy atom. The molecule has 14 heteroatoms. The van der Waals surface area contributed by atoms with Gasteiger partial charge in [-0.05, 0) is 38.8 Å². The fourth-order valence-electron chi connectivity index (χ4n) is 5.38. The van der Waals surface area contributed by atoms with E-state index in [4.69, 9.17) is 9.47 Å². The molecule has 0 spiro atoms. The van der Waals surface area contributed by atoms with Gasteiger partial charge in [0, 0.05) is 45.3 Å². The van der Waals surface area contributed by atoms with E-state index in [0.717, 1.165) is 0 Å². The Morgan fingerprint density at radius 1 is 1.10 bits per heavy atom. The minimum absolute atomic E-state index is 0.0468. The molecule has 0 aliphatic carbocycles. The van der Waals surface area contributed by atoms with Gasteiger partial charge >= 0.3 is 6.09 Å². The standard InChI is InChI=1S/C28H36F2N8O4/c1-4-42-28(40)37-11-9-19(10-12-37)35(3)26(39)18(2)31-27-33-22(36-13-15-41-16-14-36)17-23(34-27)38-21-8-6-5-7-20(21)32-25(38)24(29)30/h5-8,17-19,24H,4,9-16H2,1-3H3,(H,31,33,34)/t18-/m0/s1. The van der Waals surface area contributed by atoms with E-state index in [0.29, 0.717) is 75.7 Å². The minimum atomic E-state index is -2.83. The van der Waals surface area contributed by atoms with Crippen LogP contribution in [0.2, 0.25) is 0 Å². The van der Waals surface area contributed by atoms with Gasteiger partial charge in [-0.1, -0.05) is 12.1 Å². The van der Waals surface area contributed by atoms with Gasteiger partial charge in [-0.25, -0.2) is 18.6 Å². The van der Waals surface area contributed by atoms with E-state index in [-0.39, 0.29) is 29.8 Å². The lowest BCUT2D eigenvalue weighted by Crippen LogP contribution is -2.50. The molecule has 1 N–H and O–H groups in total. The minimum Gasteiger partial charge on any atom is -0.450 e. The van der Waals surface area contributed by atoms with Crippen molar-refractivity contribution in [3.05, 3.63) is 36.2 Å². The molecule has 2 aliphatic rings. The maximum absolute atomic E-state index is 14.1. The number of carbonyl (C=O) groups excluding carboxylic acids is 2. The number of para-hydroxylation sites is 2. The van der Waals surface area contributed by atoms with Crippen molar-refractivity contribution in [2.24, 2.45) is 0 Å². The Balaban J connectivity index is 1.39. The summed E-state index contributed by atoms with van der Waals surface area (Å²) >= 11 is 0. The molecule has 12 nitrogen and oxygen atoms in total. The van der Waals surface area contributed by atoms with E-state index in [1.807, 2.05) is 4.90 Å². The number of fused-ring (bicyclic) bond motifs is 1. The first-order valence-corrected chi connectivity index (χ1v) is 14.2. The highest BCUT2D eigenvalue weighted by atomic mass is 19.3. The number of aromatic nitrogens is 4. The molecule has 4 heterocycles. The summed E-state index contributed by atoms with van der Waals surface area (Å²) in [6.07, 6.45) is -1.91. The van der Waals surface area contributed by atoms with Gasteiger partial charge in [0.25, 0.3) is 6.43 Å². The van der Waals surface area contributed by atoms with Crippen molar-refractivity contribution in [1.29, 1.82) is 0 Å². The number of hydrogen-bond donors (Lipinski definition) is 1. The van der Waals surface area contributed by atoms with Crippen molar-refractivity contribution in [2.75, 3.05) is 63.3 Å². The first-order chi connectivity index (χ1) is 20.3. The molecule has 0 radical (unpaired) electrons. The molecule has 42 heavy (non-hydrogen) atoms. The third-order valence-corrected chi connectivity index (χ3v) is 7.65. The summed E-state index contributed by atoms with van der Waals surface area (Å²) in [7, 11) is 1.74. The summed E-state index contributed by atoms with van der Waals surface area (Å²) in [6, 6.07) is 7.79. The van der Waals surface area contributed by atoms with E-state index >= 15 is 0 Å². The van der Waals surface area contributed by atoms with Crippen LogP contribution in [-0.2, 0) is 14.3 Å². The maximum atomic E-state index is 14.1. The van der Waals surface area contributed by atoms with E-state index in [9.17, 15) is 18.4 Å². The summed E-state index contributed by atoms with van der Waals surface area (Å²) in [5.74, 6) is 0.290. The largest absolute Gasteiger partial charge is 0.450 e. The first kappa shape index (κ1) is 29.4. The summed E-state index contributed by atoms with van der Waals surface area (Å²) in [5, 5.41) is 3.11. The summed E-state index contributed by atoms with van der Waals surface area (Å²) in [5.41, 5.74) is 0.913. The maximum Gasteiger partial charge on any atom is 0.409 e. The second kappa shape index (κ2) is 12.8. The Hall–Kier alpha value is -4.07. The summed E-state index contributed by atoms with van der Waals surface area (Å²) in [4.78, 5) is 44.2. The Kier molecular flexibility index (Phi) is 9.00.